The summed E-state index contributed by atoms with van der Waals surface area (Å²) in [6.45, 7) is 2.28. The molecule has 1 nitrogen and oxygen atoms in total. The van der Waals surface area contributed by atoms with E-state index in [1.54, 1.807) is 0 Å². The summed E-state index contributed by atoms with van der Waals surface area (Å²) in [5.74, 6) is 2.09. The van der Waals surface area contributed by atoms with Crippen LogP contribution in [0.5, 0.6) is 5.75 Å². The molecule has 0 atom stereocenters. The van der Waals surface area contributed by atoms with Crippen LogP contribution < -0.4 is 0 Å². The van der Waals surface area contributed by atoms with Crippen molar-refractivity contribution >= 4 is 0 Å². The van der Waals surface area contributed by atoms with E-state index in [1.807, 2.05) is 12.1 Å². The lowest BCUT2D eigenvalue weighted by molar-refractivity contribution is 0.301. The number of phenolic OH excluding ortho intramolecular Hbond substituents is 1. The van der Waals surface area contributed by atoms with Crippen LogP contribution in [0.15, 0.2) is 24.3 Å². The molecular formula is C20H32O. The van der Waals surface area contributed by atoms with Crippen LogP contribution in [0.3, 0.4) is 0 Å². The highest BCUT2D eigenvalue weighted by atomic mass is 16.3. The van der Waals surface area contributed by atoms with Gasteiger partial charge in [-0.15, -0.1) is 0 Å². The normalized spacial score (nSPS) is 22.3. The molecule has 0 heterocycles. The Kier molecular flexibility index (Phi) is 7.12. The summed E-state index contributed by atoms with van der Waals surface area (Å²) in [7, 11) is 0. The summed E-state index contributed by atoms with van der Waals surface area (Å²) in [5, 5.41) is 9.37. The average molecular weight is 288 g/mol. The van der Waals surface area contributed by atoms with Crippen molar-refractivity contribution in [2.24, 2.45) is 5.92 Å². The Morgan fingerprint density at radius 1 is 0.857 bits per heavy atom. The van der Waals surface area contributed by atoms with E-state index in [2.05, 4.69) is 19.1 Å². The molecule has 1 aliphatic carbocycles. The van der Waals surface area contributed by atoms with Crippen LogP contribution in [0.1, 0.15) is 89.0 Å². The molecule has 0 bridgehead atoms. The monoisotopic (exact) mass is 288 g/mol. The van der Waals surface area contributed by atoms with E-state index >= 15 is 0 Å². The molecule has 0 aliphatic heterocycles. The number of hydrogen-bond acceptors (Lipinski definition) is 1. The lowest BCUT2D eigenvalue weighted by Crippen LogP contribution is -2.13. The van der Waals surface area contributed by atoms with E-state index in [1.165, 1.54) is 76.2 Å². The van der Waals surface area contributed by atoms with Gasteiger partial charge in [-0.3, -0.25) is 0 Å². The average Bonchev–Trinajstić information content (AvgIpc) is 2.52. The lowest BCUT2D eigenvalue weighted by Gasteiger charge is -2.29. The van der Waals surface area contributed by atoms with Crippen LogP contribution in [0.25, 0.3) is 0 Å². The number of aromatic hydroxyl groups is 1. The molecule has 1 saturated carbocycles. The van der Waals surface area contributed by atoms with Crippen molar-refractivity contribution in [1.29, 1.82) is 0 Å². The van der Waals surface area contributed by atoms with Gasteiger partial charge in [0.05, 0.1) is 0 Å². The molecule has 1 heteroatoms. The summed E-state index contributed by atoms with van der Waals surface area (Å²) in [6, 6.07) is 7.87. The van der Waals surface area contributed by atoms with Gasteiger partial charge in [0.15, 0.2) is 0 Å². The Labute approximate surface area is 130 Å². The molecule has 1 aromatic rings. The molecule has 0 spiro atoms. The molecule has 1 fully saturated rings. The first kappa shape index (κ1) is 16.4. The molecule has 118 valence electrons. The molecule has 21 heavy (non-hydrogen) atoms. The third-order valence-electron chi connectivity index (χ3n) is 5.18. The highest BCUT2D eigenvalue weighted by Gasteiger charge is 2.21. The maximum absolute atomic E-state index is 9.37. The first-order valence-corrected chi connectivity index (χ1v) is 9.08. The summed E-state index contributed by atoms with van der Waals surface area (Å²) >= 11 is 0. The summed E-state index contributed by atoms with van der Waals surface area (Å²) < 4.78 is 0. The van der Waals surface area contributed by atoms with E-state index in [-0.39, 0.29) is 0 Å². The number of benzene rings is 1. The van der Waals surface area contributed by atoms with Crippen LogP contribution in [0.4, 0.5) is 0 Å². The highest BCUT2D eigenvalue weighted by molar-refractivity contribution is 5.28. The van der Waals surface area contributed by atoms with E-state index < -0.39 is 0 Å². The van der Waals surface area contributed by atoms with Crippen molar-refractivity contribution in [2.75, 3.05) is 0 Å². The molecule has 1 aromatic carbocycles. The second-order valence-electron chi connectivity index (χ2n) is 6.87. The smallest absolute Gasteiger partial charge is 0.115 e. The minimum absolute atomic E-state index is 0.385. The van der Waals surface area contributed by atoms with Crippen molar-refractivity contribution in [3.8, 4) is 5.75 Å². The third kappa shape index (κ3) is 5.73. The van der Waals surface area contributed by atoms with Gasteiger partial charge in [-0.1, -0.05) is 64.0 Å². The zero-order chi connectivity index (χ0) is 14.9. The predicted molar refractivity (Wildman–Crippen MR) is 90.8 cm³/mol. The van der Waals surface area contributed by atoms with Gasteiger partial charge < -0.3 is 5.11 Å². The zero-order valence-electron chi connectivity index (χ0n) is 13.7. The van der Waals surface area contributed by atoms with E-state index in [0.717, 1.165) is 11.8 Å². The Balaban J connectivity index is 1.61. The fourth-order valence-corrected chi connectivity index (χ4v) is 3.74. The maximum Gasteiger partial charge on any atom is 0.115 e. The Bertz CT molecular complexity index is 373. The van der Waals surface area contributed by atoms with Crippen molar-refractivity contribution in [1.82, 2.24) is 0 Å². The van der Waals surface area contributed by atoms with E-state index in [9.17, 15) is 5.11 Å². The quantitative estimate of drug-likeness (QED) is 0.547. The minimum Gasteiger partial charge on any atom is -0.508 e. The number of phenols is 1. The molecule has 0 amide bonds. The Morgan fingerprint density at radius 2 is 1.48 bits per heavy atom. The number of hydrogen-bond donors (Lipinski definition) is 1. The largest absolute Gasteiger partial charge is 0.508 e. The molecule has 0 unspecified atom stereocenters. The Morgan fingerprint density at radius 3 is 2.14 bits per heavy atom. The minimum atomic E-state index is 0.385. The van der Waals surface area contributed by atoms with E-state index in [4.69, 9.17) is 0 Å². The molecule has 0 saturated heterocycles. The van der Waals surface area contributed by atoms with Crippen LogP contribution in [-0.2, 0) is 0 Å². The summed E-state index contributed by atoms with van der Waals surface area (Å²) in [6.07, 6.45) is 15.5. The van der Waals surface area contributed by atoms with Gasteiger partial charge in [-0.05, 0) is 55.2 Å². The molecular weight excluding hydrogens is 256 g/mol. The zero-order valence-corrected chi connectivity index (χ0v) is 13.7. The lowest BCUT2D eigenvalue weighted by atomic mass is 9.77. The molecule has 0 radical (unpaired) electrons. The van der Waals surface area contributed by atoms with Crippen LogP contribution in [0.2, 0.25) is 0 Å². The first-order chi connectivity index (χ1) is 10.3. The van der Waals surface area contributed by atoms with Gasteiger partial charge in [-0.2, -0.15) is 0 Å². The van der Waals surface area contributed by atoms with Gasteiger partial charge in [0.25, 0.3) is 0 Å². The topological polar surface area (TPSA) is 20.2 Å². The van der Waals surface area contributed by atoms with Crippen molar-refractivity contribution in [3.63, 3.8) is 0 Å². The van der Waals surface area contributed by atoms with Gasteiger partial charge in [0.1, 0.15) is 5.75 Å². The third-order valence-corrected chi connectivity index (χ3v) is 5.18. The van der Waals surface area contributed by atoms with Gasteiger partial charge in [-0.25, -0.2) is 0 Å². The van der Waals surface area contributed by atoms with Crippen molar-refractivity contribution < 1.29 is 5.11 Å². The first-order valence-electron chi connectivity index (χ1n) is 9.08. The van der Waals surface area contributed by atoms with Crippen LogP contribution >= 0.6 is 0 Å². The standard InChI is InChI=1S/C20H32O/c1-2-3-4-5-6-7-8-17-9-11-18(12-10-17)19-13-15-20(21)16-14-19/h13-18,21H,2-12H2,1H3/t17-,18-. The highest BCUT2D eigenvalue weighted by Crippen LogP contribution is 2.38. The van der Waals surface area contributed by atoms with Gasteiger partial charge in [0, 0.05) is 0 Å². The second-order valence-corrected chi connectivity index (χ2v) is 6.87. The number of unbranched alkanes of at least 4 members (excludes halogenated alkanes) is 5. The molecule has 0 aromatic heterocycles. The fraction of sp³-hybridized carbons (Fsp3) is 0.700. The van der Waals surface area contributed by atoms with Crippen molar-refractivity contribution in [2.45, 2.75) is 83.5 Å². The Hall–Kier alpha value is -0.980. The summed E-state index contributed by atoms with van der Waals surface area (Å²) in [5.41, 5.74) is 1.42. The van der Waals surface area contributed by atoms with Crippen LogP contribution in [0, 0.1) is 5.92 Å². The molecule has 2 rings (SSSR count). The number of rotatable bonds is 8. The SMILES string of the molecule is CCCCCCCC[C@H]1CC[C@H](c2ccc(O)cc2)CC1. The predicted octanol–water partition coefficient (Wildman–Crippen LogP) is 6.42. The van der Waals surface area contributed by atoms with Crippen molar-refractivity contribution in [3.05, 3.63) is 29.8 Å². The molecule has 1 aliphatic rings. The van der Waals surface area contributed by atoms with Gasteiger partial charge in [0.2, 0.25) is 0 Å². The van der Waals surface area contributed by atoms with E-state index in [0.29, 0.717) is 5.75 Å². The molecule has 1 N–H and O–H groups in total. The second kappa shape index (κ2) is 9.12. The van der Waals surface area contributed by atoms with Crippen LogP contribution in [-0.4, -0.2) is 5.11 Å². The summed E-state index contributed by atoms with van der Waals surface area (Å²) in [4.78, 5) is 0. The van der Waals surface area contributed by atoms with Gasteiger partial charge >= 0.3 is 0 Å². The fourth-order valence-electron chi connectivity index (χ4n) is 3.74. The maximum atomic E-state index is 9.37.